The molecule has 1 atom stereocenters. The van der Waals surface area contributed by atoms with Crippen LogP contribution in [0.15, 0.2) is 103 Å². The van der Waals surface area contributed by atoms with Crippen molar-refractivity contribution in [2.75, 3.05) is 4.90 Å². The number of pyridine rings is 1. The van der Waals surface area contributed by atoms with Crippen LogP contribution in [0.25, 0.3) is 5.76 Å². The van der Waals surface area contributed by atoms with Crippen LogP contribution in [0.2, 0.25) is 0 Å². The summed E-state index contributed by atoms with van der Waals surface area (Å²) in [5, 5.41) is 11.3. The van der Waals surface area contributed by atoms with Gasteiger partial charge in [-0.3, -0.25) is 19.5 Å². The Morgan fingerprint density at radius 2 is 1.73 bits per heavy atom. The van der Waals surface area contributed by atoms with Crippen molar-refractivity contribution in [1.29, 1.82) is 0 Å². The van der Waals surface area contributed by atoms with Crippen LogP contribution in [0, 0.1) is 12.7 Å². The van der Waals surface area contributed by atoms with E-state index in [0.717, 1.165) is 11.1 Å². The van der Waals surface area contributed by atoms with Gasteiger partial charge in [-0.2, -0.15) is 0 Å². The summed E-state index contributed by atoms with van der Waals surface area (Å²) < 4.78 is 20.0. The number of halogens is 1. The smallest absolute Gasteiger partial charge is 0.300 e. The highest BCUT2D eigenvalue weighted by Gasteiger charge is 2.47. The Bertz CT molecular complexity index is 1500. The molecule has 0 bridgehead atoms. The van der Waals surface area contributed by atoms with Crippen LogP contribution in [-0.4, -0.2) is 21.8 Å². The molecule has 1 fully saturated rings. The monoisotopic (exact) mass is 494 g/mol. The lowest BCUT2D eigenvalue weighted by Gasteiger charge is -2.25. The lowest BCUT2D eigenvalue weighted by atomic mass is 9.95. The standard InChI is InChI=1S/C30H23FN2O4/c1-19-16-22(10-11-25(19)37-18-20-6-3-2-4-7-20)28(34)26-27(21-12-14-32-15-13-21)33(30(36)29(26)35)24-9-5-8-23(31)17-24/h2-17,27,34H,18H2,1H3/b28-26+. The van der Waals surface area contributed by atoms with E-state index >= 15 is 0 Å². The average molecular weight is 495 g/mol. The number of aromatic nitrogens is 1. The zero-order chi connectivity index (χ0) is 25.9. The highest BCUT2D eigenvalue weighted by Crippen LogP contribution is 2.42. The molecule has 2 heterocycles. The molecule has 1 N–H and O–H groups in total. The first kappa shape index (κ1) is 23.9. The normalized spacial score (nSPS) is 16.7. The molecule has 1 unspecified atom stereocenters. The fourth-order valence-electron chi connectivity index (χ4n) is 4.44. The van der Waals surface area contributed by atoms with Gasteiger partial charge in [0.2, 0.25) is 0 Å². The van der Waals surface area contributed by atoms with Crippen molar-refractivity contribution in [1.82, 2.24) is 4.98 Å². The van der Waals surface area contributed by atoms with Crippen LogP contribution in [-0.2, 0) is 16.2 Å². The lowest BCUT2D eigenvalue weighted by Crippen LogP contribution is -2.29. The lowest BCUT2D eigenvalue weighted by molar-refractivity contribution is -0.132. The molecule has 0 spiro atoms. The van der Waals surface area contributed by atoms with Crippen molar-refractivity contribution in [3.05, 3.63) is 131 Å². The van der Waals surface area contributed by atoms with Crippen LogP contribution in [0.5, 0.6) is 5.75 Å². The first-order valence-corrected chi connectivity index (χ1v) is 11.7. The Balaban J connectivity index is 1.55. The number of hydrogen-bond acceptors (Lipinski definition) is 5. The molecule has 5 rings (SSSR count). The molecule has 0 saturated carbocycles. The van der Waals surface area contributed by atoms with E-state index in [-0.39, 0.29) is 17.0 Å². The number of ketones is 1. The number of ether oxygens (including phenoxy) is 1. The number of nitrogens with zero attached hydrogens (tertiary/aromatic N) is 2. The molecule has 1 aliphatic rings. The van der Waals surface area contributed by atoms with Crippen molar-refractivity contribution >= 4 is 23.1 Å². The number of aryl methyl sites for hydroxylation is 1. The third kappa shape index (κ3) is 4.71. The van der Waals surface area contributed by atoms with Crippen molar-refractivity contribution in [3.63, 3.8) is 0 Å². The van der Waals surface area contributed by atoms with Crippen molar-refractivity contribution < 1.29 is 23.8 Å². The molecular weight excluding hydrogens is 471 g/mol. The molecule has 0 aliphatic carbocycles. The summed E-state index contributed by atoms with van der Waals surface area (Å²) >= 11 is 0. The van der Waals surface area contributed by atoms with Gasteiger partial charge in [-0.05, 0) is 72.1 Å². The molecule has 184 valence electrons. The quantitative estimate of drug-likeness (QED) is 0.210. The molecule has 1 amide bonds. The summed E-state index contributed by atoms with van der Waals surface area (Å²) in [5.74, 6) is -1.95. The van der Waals surface area contributed by atoms with E-state index in [4.69, 9.17) is 4.74 Å². The van der Waals surface area contributed by atoms with Crippen LogP contribution in [0.4, 0.5) is 10.1 Å². The molecule has 37 heavy (non-hydrogen) atoms. The number of carbonyl (C=O) groups is 2. The first-order valence-electron chi connectivity index (χ1n) is 11.7. The number of Topliss-reactive ketones (excluding diaryl/α,β-unsaturated/α-hetero) is 1. The van der Waals surface area contributed by atoms with Gasteiger partial charge in [-0.1, -0.05) is 36.4 Å². The van der Waals surface area contributed by atoms with Crippen LogP contribution < -0.4 is 9.64 Å². The Morgan fingerprint density at radius 1 is 0.973 bits per heavy atom. The van der Waals surface area contributed by atoms with Crippen LogP contribution in [0.3, 0.4) is 0 Å². The van der Waals surface area contributed by atoms with Gasteiger partial charge in [-0.15, -0.1) is 0 Å². The van der Waals surface area contributed by atoms with E-state index < -0.39 is 23.5 Å². The number of aliphatic hydroxyl groups is 1. The summed E-state index contributed by atoms with van der Waals surface area (Å²) in [7, 11) is 0. The van der Waals surface area contributed by atoms with E-state index in [0.29, 0.717) is 23.5 Å². The molecule has 1 aromatic heterocycles. The minimum absolute atomic E-state index is 0.0854. The predicted octanol–water partition coefficient (Wildman–Crippen LogP) is 5.73. The molecular formula is C30H23FN2O4. The van der Waals surface area contributed by atoms with Gasteiger partial charge in [0.15, 0.2) is 0 Å². The van der Waals surface area contributed by atoms with Gasteiger partial charge in [-0.25, -0.2) is 4.39 Å². The summed E-state index contributed by atoms with van der Waals surface area (Å²) in [6.45, 7) is 2.22. The second kappa shape index (κ2) is 10.1. The van der Waals surface area contributed by atoms with Crippen molar-refractivity contribution in [3.8, 4) is 5.75 Å². The highest BCUT2D eigenvalue weighted by molar-refractivity contribution is 6.51. The second-order valence-electron chi connectivity index (χ2n) is 8.68. The zero-order valence-electron chi connectivity index (χ0n) is 20.0. The van der Waals surface area contributed by atoms with Crippen molar-refractivity contribution in [2.45, 2.75) is 19.6 Å². The van der Waals surface area contributed by atoms with E-state index in [1.165, 1.54) is 35.5 Å². The first-order chi connectivity index (χ1) is 17.9. The number of amides is 1. The van der Waals surface area contributed by atoms with Crippen LogP contribution >= 0.6 is 0 Å². The minimum atomic E-state index is -0.959. The van der Waals surface area contributed by atoms with Gasteiger partial charge in [0.25, 0.3) is 11.7 Å². The van der Waals surface area contributed by atoms with E-state index in [1.54, 1.807) is 36.4 Å². The predicted molar refractivity (Wildman–Crippen MR) is 137 cm³/mol. The molecule has 7 heteroatoms. The summed E-state index contributed by atoms with van der Waals surface area (Å²) in [6.07, 6.45) is 3.06. The van der Waals surface area contributed by atoms with Gasteiger partial charge >= 0.3 is 0 Å². The number of hydrogen-bond donors (Lipinski definition) is 1. The summed E-state index contributed by atoms with van der Waals surface area (Å²) in [4.78, 5) is 31.6. The number of anilines is 1. The SMILES string of the molecule is Cc1cc(/C(O)=C2\C(=O)C(=O)N(c3cccc(F)c3)C2c2ccncc2)ccc1OCc1ccccc1. The number of benzene rings is 3. The molecule has 0 radical (unpaired) electrons. The Hall–Kier alpha value is -4.78. The van der Waals surface area contributed by atoms with Crippen molar-refractivity contribution in [2.24, 2.45) is 0 Å². The maximum Gasteiger partial charge on any atom is 0.300 e. The fourth-order valence-corrected chi connectivity index (χ4v) is 4.44. The fraction of sp³-hybridized carbons (Fsp3) is 0.100. The Morgan fingerprint density at radius 3 is 2.43 bits per heavy atom. The molecule has 4 aromatic rings. The molecule has 3 aromatic carbocycles. The summed E-state index contributed by atoms with van der Waals surface area (Å²) in [6, 6.07) is 22.6. The van der Waals surface area contributed by atoms with E-state index in [9.17, 15) is 19.1 Å². The molecule has 6 nitrogen and oxygen atoms in total. The Kier molecular flexibility index (Phi) is 6.51. The number of carbonyl (C=O) groups excluding carboxylic acids is 2. The molecule has 1 aliphatic heterocycles. The third-order valence-corrected chi connectivity index (χ3v) is 6.24. The number of aliphatic hydroxyl groups excluding tert-OH is 1. The maximum atomic E-state index is 14.0. The maximum absolute atomic E-state index is 14.0. The third-order valence-electron chi connectivity index (χ3n) is 6.24. The van der Waals surface area contributed by atoms with Crippen LogP contribution in [0.1, 0.15) is 28.3 Å². The zero-order valence-corrected chi connectivity index (χ0v) is 20.0. The highest BCUT2D eigenvalue weighted by atomic mass is 19.1. The largest absolute Gasteiger partial charge is 0.507 e. The van der Waals surface area contributed by atoms with E-state index in [2.05, 4.69) is 4.98 Å². The van der Waals surface area contributed by atoms with Gasteiger partial charge in [0, 0.05) is 23.6 Å². The minimum Gasteiger partial charge on any atom is -0.507 e. The number of rotatable bonds is 6. The van der Waals surface area contributed by atoms with Gasteiger partial charge in [0.05, 0.1) is 11.6 Å². The summed E-state index contributed by atoms with van der Waals surface area (Å²) in [5.41, 5.74) is 2.81. The Labute approximate surface area is 213 Å². The van der Waals surface area contributed by atoms with Gasteiger partial charge < -0.3 is 9.84 Å². The second-order valence-corrected chi connectivity index (χ2v) is 8.68. The van der Waals surface area contributed by atoms with Gasteiger partial charge in [0.1, 0.15) is 23.9 Å². The topological polar surface area (TPSA) is 79.7 Å². The van der Waals surface area contributed by atoms with E-state index in [1.807, 2.05) is 37.3 Å². The molecule has 1 saturated heterocycles. The average Bonchev–Trinajstić information content (AvgIpc) is 3.18.